The lowest BCUT2D eigenvalue weighted by Gasteiger charge is -2.42. The first-order valence-electron chi connectivity index (χ1n) is 10.1. The topological polar surface area (TPSA) is 70.7 Å². The standard InChI is InChI=1S/C19H31N3O3/c23-17(14-3-4-14)22-10-5-15(6-11-22)20-18(24)21-16-7-12-25-13-19(16)8-1-2-9-19/h14-16H,1-13H2,(H2,20,21,24). The van der Waals surface area contributed by atoms with Crippen LogP contribution in [0, 0.1) is 11.3 Å². The molecule has 4 rings (SSSR count). The minimum Gasteiger partial charge on any atom is -0.381 e. The van der Waals surface area contributed by atoms with E-state index in [-0.39, 0.29) is 23.5 Å². The van der Waals surface area contributed by atoms with Crippen LogP contribution < -0.4 is 10.6 Å². The molecule has 2 saturated carbocycles. The van der Waals surface area contributed by atoms with Crippen molar-refractivity contribution >= 4 is 11.9 Å². The molecule has 2 aliphatic carbocycles. The van der Waals surface area contributed by atoms with Crippen molar-refractivity contribution < 1.29 is 14.3 Å². The number of hydrogen-bond acceptors (Lipinski definition) is 3. The number of likely N-dealkylation sites (tertiary alicyclic amines) is 1. The number of urea groups is 1. The van der Waals surface area contributed by atoms with Crippen molar-refractivity contribution in [2.75, 3.05) is 26.3 Å². The molecule has 3 amide bonds. The Balaban J connectivity index is 1.24. The first-order chi connectivity index (χ1) is 12.2. The van der Waals surface area contributed by atoms with Gasteiger partial charge in [-0.25, -0.2) is 4.79 Å². The molecular weight excluding hydrogens is 318 g/mol. The summed E-state index contributed by atoms with van der Waals surface area (Å²) < 4.78 is 5.72. The van der Waals surface area contributed by atoms with Gasteiger partial charge in [-0.2, -0.15) is 0 Å². The highest BCUT2D eigenvalue weighted by atomic mass is 16.5. The number of nitrogens with one attached hydrogen (secondary N) is 2. The Labute approximate surface area is 150 Å². The molecule has 25 heavy (non-hydrogen) atoms. The van der Waals surface area contributed by atoms with Crippen LogP contribution >= 0.6 is 0 Å². The van der Waals surface area contributed by atoms with E-state index in [4.69, 9.17) is 4.74 Å². The van der Waals surface area contributed by atoms with Gasteiger partial charge < -0.3 is 20.3 Å². The zero-order valence-electron chi connectivity index (χ0n) is 15.1. The summed E-state index contributed by atoms with van der Waals surface area (Å²) in [5.74, 6) is 0.622. The number of carbonyl (C=O) groups excluding carboxylic acids is 2. The molecule has 0 aromatic rings. The third-order valence-corrected chi connectivity index (χ3v) is 6.65. The molecule has 0 radical (unpaired) electrons. The number of piperidine rings is 1. The Morgan fingerprint density at radius 2 is 1.68 bits per heavy atom. The smallest absolute Gasteiger partial charge is 0.315 e. The minimum atomic E-state index is -0.0369. The Morgan fingerprint density at radius 3 is 2.36 bits per heavy atom. The number of amides is 3. The van der Waals surface area contributed by atoms with Gasteiger partial charge in [-0.3, -0.25) is 4.79 Å². The monoisotopic (exact) mass is 349 g/mol. The van der Waals surface area contributed by atoms with Crippen LogP contribution in [0.15, 0.2) is 0 Å². The predicted octanol–water partition coefficient (Wildman–Crippen LogP) is 2.04. The molecule has 1 spiro atoms. The summed E-state index contributed by atoms with van der Waals surface area (Å²) in [6.07, 6.45) is 9.60. The summed E-state index contributed by atoms with van der Waals surface area (Å²) in [5, 5.41) is 6.40. The van der Waals surface area contributed by atoms with Crippen molar-refractivity contribution in [1.82, 2.24) is 15.5 Å². The van der Waals surface area contributed by atoms with E-state index in [0.29, 0.717) is 11.8 Å². The zero-order valence-corrected chi connectivity index (χ0v) is 15.1. The summed E-state index contributed by atoms with van der Waals surface area (Å²) in [6, 6.07) is 0.382. The van der Waals surface area contributed by atoms with Gasteiger partial charge >= 0.3 is 6.03 Å². The van der Waals surface area contributed by atoms with Crippen LogP contribution in [0.25, 0.3) is 0 Å². The molecule has 0 aromatic carbocycles. The molecule has 2 aliphatic heterocycles. The van der Waals surface area contributed by atoms with Gasteiger partial charge in [-0.15, -0.1) is 0 Å². The predicted molar refractivity (Wildman–Crippen MR) is 94.1 cm³/mol. The van der Waals surface area contributed by atoms with E-state index in [0.717, 1.165) is 58.4 Å². The van der Waals surface area contributed by atoms with Crippen molar-refractivity contribution in [3.8, 4) is 0 Å². The van der Waals surface area contributed by atoms with Crippen LogP contribution in [-0.2, 0) is 9.53 Å². The molecule has 1 unspecified atom stereocenters. The van der Waals surface area contributed by atoms with E-state index >= 15 is 0 Å². The minimum absolute atomic E-state index is 0.0369. The molecule has 2 heterocycles. The fourth-order valence-electron chi connectivity index (χ4n) is 4.90. The van der Waals surface area contributed by atoms with Gasteiger partial charge in [-0.1, -0.05) is 12.8 Å². The lowest BCUT2D eigenvalue weighted by atomic mass is 9.76. The van der Waals surface area contributed by atoms with E-state index < -0.39 is 0 Å². The fourth-order valence-corrected chi connectivity index (χ4v) is 4.90. The summed E-state index contributed by atoms with van der Waals surface area (Å²) in [7, 11) is 0. The highest BCUT2D eigenvalue weighted by Gasteiger charge is 2.44. The van der Waals surface area contributed by atoms with Crippen LogP contribution in [0.3, 0.4) is 0 Å². The first kappa shape index (κ1) is 17.1. The van der Waals surface area contributed by atoms with Crippen LogP contribution in [0.2, 0.25) is 0 Å². The van der Waals surface area contributed by atoms with Crippen molar-refractivity contribution in [3.05, 3.63) is 0 Å². The quantitative estimate of drug-likeness (QED) is 0.819. The third-order valence-electron chi connectivity index (χ3n) is 6.65. The van der Waals surface area contributed by atoms with Gasteiger partial charge in [-0.05, 0) is 44.9 Å². The lowest BCUT2D eigenvalue weighted by molar-refractivity contribution is -0.133. The van der Waals surface area contributed by atoms with Gasteiger partial charge in [0.15, 0.2) is 0 Å². The highest BCUT2D eigenvalue weighted by molar-refractivity contribution is 5.81. The van der Waals surface area contributed by atoms with Crippen LogP contribution in [0.5, 0.6) is 0 Å². The van der Waals surface area contributed by atoms with E-state index in [2.05, 4.69) is 10.6 Å². The molecule has 2 N–H and O–H groups in total. The van der Waals surface area contributed by atoms with E-state index in [9.17, 15) is 9.59 Å². The Morgan fingerprint density at radius 1 is 0.960 bits per heavy atom. The molecule has 0 bridgehead atoms. The molecule has 0 aromatic heterocycles. The molecule has 4 aliphatic rings. The molecule has 6 nitrogen and oxygen atoms in total. The van der Waals surface area contributed by atoms with Crippen LogP contribution in [0.4, 0.5) is 4.79 Å². The molecule has 6 heteroatoms. The molecule has 2 saturated heterocycles. The number of rotatable bonds is 3. The number of nitrogens with zero attached hydrogens (tertiary/aromatic N) is 1. The molecular formula is C19H31N3O3. The maximum Gasteiger partial charge on any atom is 0.315 e. The maximum atomic E-state index is 12.5. The van der Waals surface area contributed by atoms with Gasteiger partial charge in [0.25, 0.3) is 0 Å². The van der Waals surface area contributed by atoms with Gasteiger partial charge in [0, 0.05) is 43.1 Å². The zero-order chi connectivity index (χ0) is 17.3. The molecule has 1 atom stereocenters. The maximum absolute atomic E-state index is 12.5. The number of carbonyl (C=O) groups is 2. The van der Waals surface area contributed by atoms with E-state index in [1.165, 1.54) is 25.7 Å². The van der Waals surface area contributed by atoms with Crippen molar-refractivity contribution in [2.24, 2.45) is 11.3 Å². The van der Waals surface area contributed by atoms with Crippen LogP contribution in [0.1, 0.15) is 57.8 Å². The SMILES string of the molecule is O=C(NC1CCN(C(=O)C2CC2)CC1)NC1CCOCC12CCCC2. The van der Waals surface area contributed by atoms with Crippen molar-refractivity contribution in [3.63, 3.8) is 0 Å². The molecule has 140 valence electrons. The Bertz CT molecular complexity index is 506. The number of ether oxygens (including phenoxy) is 1. The van der Waals surface area contributed by atoms with Crippen molar-refractivity contribution in [2.45, 2.75) is 69.9 Å². The Kier molecular flexibility index (Phi) is 4.89. The largest absolute Gasteiger partial charge is 0.381 e. The summed E-state index contributed by atoms with van der Waals surface area (Å²) in [4.78, 5) is 26.6. The second-order valence-electron chi connectivity index (χ2n) is 8.45. The van der Waals surface area contributed by atoms with Gasteiger partial charge in [0.2, 0.25) is 5.91 Å². The Hall–Kier alpha value is -1.30. The van der Waals surface area contributed by atoms with Gasteiger partial charge in [0.1, 0.15) is 0 Å². The average Bonchev–Trinajstić information content (AvgIpc) is 3.37. The third kappa shape index (κ3) is 3.78. The lowest BCUT2D eigenvalue weighted by Crippen LogP contribution is -2.56. The first-order valence-corrected chi connectivity index (χ1v) is 10.1. The summed E-state index contributed by atoms with van der Waals surface area (Å²) in [6.45, 7) is 3.09. The second-order valence-corrected chi connectivity index (χ2v) is 8.45. The fraction of sp³-hybridized carbons (Fsp3) is 0.895. The average molecular weight is 349 g/mol. The normalized spacial score (nSPS) is 29.6. The molecule has 4 fully saturated rings. The summed E-state index contributed by atoms with van der Waals surface area (Å²) in [5.41, 5.74) is 0.162. The number of hydrogen-bond donors (Lipinski definition) is 2. The van der Waals surface area contributed by atoms with Crippen molar-refractivity contribution in [1.29, 1.82) is 0 Å². The highest BCUT2D eigenvalue weighted by Crippen LogP contribution is 2.44. The summed E-state index contributed by atoms with van der Waals surface area (Å²) >= 11 is 0. The van der Waals surface area contributed by atoms with E-state index in [1.54, 1.807) is 0 Å². The van der Waals surface area contributed by atoms with Crippen LogP contribution in [-0.4, -0.2) is 55.2 Å². The second kappa shape index (κ2) is 7.14. The van der Waals surface area contributed by atoms with E-state index in [1.807, 2.05) is 4.90 Å². The van der Waals surface area contributed by atoms with Gasteiger partial charge in [0.05, 0.1) is 6.61 Å².